The smallest absolute Gasteiger partial charge is 0.226 e. The van der Waals surface area contributed by atoms with Gasteiger partial charge in [-0.3, -0.25) is 9.36 Å². The maximum Gasteiger partial charge on any atom is 0.226 e. The summed E-state index contributed by atoms with van der Waals surface area (Å²) in [5.74, 6) is 1.20. The van der Waals surface area contributed by atoms with Crippen molar-refractivity contribution in [2.45, 2.75) is 25.7 Å². The number of rotatable bonds is 5. The standard InChI is InChI=1S/C22H23FN4O/c23-19-6-4-5-18(13-19)15-22(28)26-11-9-17(10-12-26)14-21-25-24-16-27(21)20-7-2-1-3-8-20/h1-8,13,16-17H,9-12,14-15H2. The molecule has 2 heterocycles. The van der Waals surface area contributed by atoms with Gasteiger partial charge in [-0.25, -0.2) is 4.39 Å². The Bertz CT molecular complexity index is 932. The number of amides is 1. The quantitative estimate of drug-likeness (QED) is 0.683. The highest BCUT2D eigenvalue weighted by atomic mass is 19.1. The number of hydrogen-bond donors (Lipinski definition) is 0. The summed E-state index contributed by atoms with van der Waals surface area (Å²) in [7, 11) is 0. The van der Waals surface area contributed by atoms with Crippen LogP contribution < -0.4 is 0 Å². The first-order valence-corrected chi connectivity index (χ1v) is 9.65. The van der Waals surface area contributed by atoms with Gasteiger partial charge < -0.3 is 4.90 Å². The van der Waals surface area contributed by atoms with Crippen molar-refractivity contribution in [1.82, 2.24) is 19.7 Å². The second-order valence-corrected chi connectivity index (χ2v) is 7.29. The molecule has 0 atom stereocenters. The van der Waals surface area contributed by atoms with Crippen LogP contribution in [0.15, 0.2) is 60.9 Å². The summed E-state index contributed by atoms with van der Waals surface area (Å²) < 4.78 is 15.3. The van der Waals surface area contributed by atoms with Crippen molar-refractivity contribution in [2.75, 3.05) is 13.1 Å². The van der Waals surface area contributed by atoms with Crippen molar-refractivity contribution in [3.05, 3.63) is 78.1 Å². The number of piperidine rings is 1. The highest BCUT2D eigenvalue weighted by molar-refractivity contribution is 5.78. The summed E-state index contributed by atoms with van der Waals surface area (Å²) in [4.78, 5) is 14.4. The SMILES string of the molecule is O=C(Cc1cccc(F)c1)N1CCC(Cc2nncn2-c2ccccc2)CC1. The first-order valence-electron chi connectivity index (χ1n) is 9.65. The van der Waals surface area contributed by atoms with E-state index in [-0.39, 0.29) is 18.1 Å². The molecule has 1 fully saturated rings. The summed E-state index contributed by atoms with van der Waals surface area (Å²) in [6.07, 6.45) is 4.74. The average molecular weight is 378 g/mol. The van der Waals surface area contributed by atoms with E-state index >= 15 is 0 Å². The Balaban J connectivity index is 1.33. The Kier molecular flexibility index (Phi) is 5.46. The first kappa shape index (κ1) is 18.3. The number of aromatic nitrogens is 3. The van der Waals surface area contributed by atoms with Crippen LogP contribution in [0.1, 0.15) is 24.2 Å². The van der Waals surface area contributed by atoms with Gasteiger partial charge in [-0.15, -0.1) is 10.2 Å². The summed E-state index contributed by atoms with van der Waals surface area (Å²) >= 11 is 0. The van der Waals surface area contributed by atoms with Crippen molar-refractivity contribution in [3.8, 4) is 5.69 Å². The van der Waals surface area contributed by atoms with Gasteiger partial charge in [0.1, 0.15) is 18.0 Å². The third-order valence-corrected chi connectivity index (χ3v) is 5.34. The highest BCUT2D eigenvalue weighted by Crippen LogP contribution is 2.23. The molecule has 0 spiro atoms. The summed E-state index contributed by atoms with van der Waals surface area (Å²) in [6, 6.07) is 16.3. The Labute approximate surface area is 163 Å². The van der Waals surface area contributed by atoms with Gasteiger partial charge in [0, 0.05) is 25.2 Å². The highest BCUT2D eigenvalue weighted by Gasteiger charge is 2.24. The maximum atomic E-state index is 13.3. The number of carbonyl (C=O) groups is 1. The Hall–Kier alpha value is -3.02. The van der Waals surface area contributed by atoms with Gasteiger partial charge in [-0.1, -0.05) is 30.3 Å². The molecule has 1 amide bonds. The van der Waals surface area contributed by atoms with E-state index in [4.69, 9.17) is 0 Å². The van der Waals surface area contributed by atoms with E-state index in [1.54, 1.807) is 18.5 Å². The van der Waals surface area contributed by atoms with Crippen LogP contribution >= 0.6 is 0 Å². The molecule has 0 bridgehead atoms. The molecule has 0 aliphatic carbocycles. The third-order valence-electron chi connectivity index (χ3n) is 5.34. The van der Waals surface area contributed by atoms with Crippen molar-refractivity contribution in [1.29, 1.82) is 0 Å². The van der Waals surface area contributed by atoms with Gasteiger partial charge in [-0.05, 0) is 48.6 Å². The molecular formula is C22H23FN4O. The zero-order valence-electron chi connectivity index (χ0n) is 15.7. The molecule has 4 rings (SSSR count). The number of hydrogen-bond acceptors (Lipinski definition) is 3. The molecule has 0 unspecified atom stereocenters. The van der Waals surface area contributed by atoms with E-state index in [9.17, 15) is 9.18 Å². The number of para-hydroxylation sites is 1. The maximum absolute atomic E-state index is 13.3. The molecule has 0 saturated carbocycles. The summed E-state index contributed by atoms with van der Waals surface area (Å²) in [5, 5.41) is 8.38. The number of halogens is 1. The van der Waals surface area contributed by atoms with Gasteiger partial charge in [0.15, 0.2) is 0 Å². The van der Waals surface area contributed by atoms with Crippen LogP contribution in [-0.4, -0.2) is 38.7 Å². The minimum absolute atomic E-state index is 0.0662. The van der Waals surface area contributed by atoms with Gasteiger partial charge in [-0.2, -0.15) is 0 Å². The molecule has 6 heteroatoms. The fourth-order valence-electron chi connectivity index (χ4n) is 3.78. The van der Waals surface area contributed by atoms with Crippen molar-refractivity contribution in [2.24, 2.45) is 5.92 Å². The minimum Gasteiger partial charge on any atom is -0.342 e. The van der Waals surface area contributed by atoms with Crippen LogP contribution in [0.5, 0.6) is 0 Å². The number of nitrogens with zero attached hydrogens (tertiary/aromatic N) is 4. The minimum atomic E-state index is -0.300. The van der Waals surface area contributed by atoms with Crippen LogP contribution in [0.3, 0.4) is 0 Å². The molecule has 1 saturated heterocycles. The van der Waals surface area contributed by atoms with Gasteiger partial charge in [0.2, 0.25) is 5.91 Å². The molecule has 28 heavy (non-hydrogen) atoms. The Morgan fingerprint density at radius 3 is 2.61 bits per heavy atom. The molecule has 0 N–H and O–H groups in total. The second-order valence-electron chi connectivity index (χ2n) is 7.29. The van der Waals surface area contributed by atoms with E-state index in [2.05, 4.69) is 10.2 Å². The van der Waals surface area contributed by atoms with Crippen molar-refractivity contribution < 1.29 is 9.18 Å². The van der Waals surface area contributed by atoms with Gasteiger partial charge >= 0.3 is 0 Å². The molecule has 144 valence electrons. The van der Waals surface area contributed by atoms with Crippen LogP contribution in [0, 0.1) is 11.7 Å². The van der Waals surface area contributed by atoms with Crippen molar-refractivity contribution >= 4 is 5.91 Å². The van der Waals surface area contributed by atoms with Gasteiger partial charge in [0.05, 0.1) is 6.42 Å². The van der Waals surface area contributed by atoms with Crippen molar-refractivity contribution in [3.63, 3.8) is 0 Å². The molecule has 1 aliphatic rings. The molecule has 1 aromatic heterocycles. The lowest BCUT2D eigenvalue weighted by atomic mass is 9.93. The van der Waals surface area contributed by atoms with Crippen LogP contribution in [0.25, 0.3) is 5.69 Å². The second kappa shape index (κ2) is 8.33. The Morgan fingerprint density at radius 2 is 1.86 bits per heavy atom. The van der Waals surface area contributed by atoms with Gasteiger partial charge in [0.25, 0.3) is 0 Å². The summed E-state index contributed by atoms with van der Waals surface area (Å²) in [5.41, 5.74) is 1.79. The lowest BCUT2D eigenvalue weighted by molar-refractivity contribution is -0.131. The average Bonchev–Trinajstić information content (AvgIpc) is 3.17. The molecule has 3 aromatic rings. The Morgan fingerprint density at radius 1 is 1.07 bits per heavy atom. The number of carbonyl (C=O) groups excluding carboxylic acids is 1. The summed E-state index contributed by atoms with van der Waals surface area (Å²) in [6.45, 7) is 1.47. The molecule has 5 nitrogen and oxygen atoms in total. The lowest BCUT2D eigenvalue weighted by Crippen LogP contribution is -2.39. The number of benzene rings is 2. The lowest BCUT2D eigenvalue weighted by Gasteiger charge is -2.32. The predicted octanol–water partition coefficient (Wildman–Crippen LogP) is 3.43. The van der Waals surface area contributed by atoms with Crippen LogP contribution in [-0.2, 0) is 17.6 Å². The number of likely N-dealkylation sites (tertiary alicyclic amines) is 1. The molecule has 2 aromatic carbocycles. The largest absolute Gasteiger partial charge is 0.342 e. The molecular weight excluding hydrogens is 355 g/mol. The van der Waals surface area contributed by atoms with E-state index in [0.29, 0.717) is 5.92 Å². The fourth-order valence-corrected chi connectivity index (χ4v) is 3.78. The van der Waals surface area contributed by atoms with Crippen LogP contribution in [0.4, 0.5) is 4.39 Å². The van der Waals surface area contributed by atoms with E-state index in [0.717, 1.165) is 49.4 Å². The first-order chi connectivity index (χ1) is 13.7. The zero-order valence-corrected chi connectivity index (χ0v) is 15.7. The van der Waals surface area contributed by atoms with E-state index in [1.807, 2.05) is 39.8 Å². The molecule has 1 aliphatic heterocycles. The van der Waals surface area contributed by atoms with E-state index < -0.39 is 0 Å². The normalized spacial score (nSPS) is 15.0. The van der Waals surface area contributed by atoms with Crippen LogP contribution in [0.2, 0.25) is 0 Å². The monoisotopic (exact) mass is 378 g/mol. The third kappa shape index (κ3) is 4.27. The fraction of sp³-hybridized carbons (Fsp3) is 0.318. The predicted molar refractivity (Wildman–Crippen MR) is 104 cm³/mol. The molecule has 0 radical (unpaired) electrons. The zero-order chi connectivity index (χ0) is 19.3. The topological polar surface area (TPSA) is 51.0 Å². The van der Waals surface area contributed by atoms with E-state index in [1.165, 1.54) is 12.1 Å².